The van der Waals surface area contributed by atoms with Crippen LogP contribution in [0.1, 0.15) is 32.6 Å². The Balaban J connectivity index is 1.90. The lowest BCUT2D eigenvalue weighted by atomic mass is 10.2. The Labute approximate surface area is 105 Å². The molecule has 0 bridgehead atoms. The van der Waals surface area contributed by atoms with Crippen LogP contribution in [0.5, 0.6) is 0 Å². The molecule has 0 spiro atoms. The highest BCUT2D eigenvalue weighted by atomic mass is 28.2. The molecule has 96 valence electrons. The number of carbonyl (C=O) groups is 1. The third-order valence-electron chi connectivity index (χ3n) is 2.36. The molecule has 0 amide bonds. The van der Waals surface area contributed by atoms with Crippen molar-refractivity contribution in [3.05, 3.63) is 12.2 Å². The molecule has 1 atom stereocenters. The second-order valence-electron chi connectivity index (χ2n) is 4.08. The molecule has 0 aromatic heterocycles. The van der Waals surface area contributed by atoms with Gasteiger partial charge in [-0.1, -0.05) is 6.58 Å². The number of carbonyl (C=O) groups excluding carboxylic acids is 1. The van der Waals surface area contributed by atoms with Crippen molar-refractivity contribution in [1.29, 1.82) is 0 Å². The summed E-state index contributed by atoms with van der Waals surface area (Å²) in [5, 5.41) is 0. The van der Waals surface area contributed by atoms with Gasteiger partial charge in [-0.05, 0) is 38.7 Å². The lowest BCUT2D eigenvalue weighted by Crippen LogP contribution is -2.23. The van der Waals surface area contributed by atoms with Crippen molar-refractivity contribution < 1.29 is 18.7 Å². The van der Waals surface area contributed by atoms with E-state index in [4.69, 9.17) is 13.9 Å². The van der Waals surface area contributed by atoms with Gasteiger partial charge in [0.2, 0.25) is 9.76 Å². The third-order valence-corrected chi connectivity index (χ3v) is 3.34. The van der Waals surface area contributed by atoms with E-state index in [1.54, 1.807) is 6.92 Å². The van der Waals surface area contributed by atoms with Crippen LogP contribution in [-0.2, 0) is 18.7 Å². The molecule has 2 radical (unpaired) electrons. The molecule has 1 saturated heterocycles. The minimum atomic E-state index is -0.315. The molecule has 5 heteroatoms. The van der Waals surface area contributed by atoms with Crippen molar-refractivity contribution in [3.63, 3.8) is 0 Å². The second-order valence-corrected chi connectivity index (χ2v) is 5.10. The van der Waals surface area contributed by atoms with Gasteiger partial charge in [0.25, 0.3) is 0 Å². The molecule has 1 heterocycles. The number of hydrogen-bond acceptors (Lipinski definition) is 4. The number of ether oxygens (including phenoxy) is 2. The minimum Gasteiger partial charge on any atom is -0.462 e. The van der Waals surface area contributed by atoms with Crippen LogP contribution in [0, 0.1) is 0 Å². The molecular formula is C12H20O4Si. The molecular weight excluding hydrogens is 236 g/mol. The third kappa shape index (κ3) is 6.60. The van der Waals surface area contributed by atoms with Crippen molar-refractivity contribution in [2.45, 2.75) is 44.9 Å². The van der Waals surface area contributed by atoms with Crippen LogP contribution in [-0.4, -0.2) is 35.2 Å². The topological polar surface area (TPSA) is 44.8 Å². The smallest absolute Gasteiger partial charge is 0.333 e. The molecule has 1 rings (SSSR count). The average molecular weight is 256 g/mol. The van der Waals surface area contributed by atoms with Gasteiger partial charge in [0.1, 0.15) is 6.29 Å². The largest absolute Gasteiger partial charge is 0.462 e. The summed E-state index contributed by atoms with van der Waals surface area (Å²) >= 11 is 0. The quantitative estimate of drug-likeness (QED) is 0.303. The molecule has 1 unspecified atom stereocenters. The Hall–Kier alpha value is -0.653. The highest BCUT2D eigenvalue weighted by Crippen LogP contribution is 2.13. The Morgan fingerprint density at radius 3 is 3.00 bits per heavy atom. The van der Waals surface area contributed by atoms with Gasteiger partial charge >= 0.3 is 5.97 Å². The lowest BCUT2D eigenvalue weighted by Gasteiger charge is -2.22. The first-order chi connectivity index (χ1) is 8.20. The first-order valence-corrected chi connectivity index (χ1v) is 7.14. The molecule has 0 aromatic rings. The number of hydrogen-bond donors (Lipinski definition) is 0. The van der Waals surface area contributed by atoms with Gasteiger partial charge < -0.3 is 13.9 Å². The van der Waals surface area contributed by atoms with Crippen LogP contribution in [0.3, 0.4) is 0 Å². The van der Waals surface area contributed by atoms with E-state index in [1.807, 2.05) is 0 Å². The van der Waals surface area contributed by atoms with Crippen LogP contribution in [0.4, 0.5) is 0 Å². The van der Waals surface area contributed by atoms with E-state index in [1.165, 1.54) is 6.42 Å². The highest BCUT2D eigenvalue weighted by Gasteiger charge is 2.13. The maximum atomic E-state index is 11.1. The molecule has 1 aliphatic rings. The molecule has 1 aliphatic heterocycles. The maximum absolute atomic E-state index is 11.1. The van der Waals surface area contributed by atoms with Crippen molar-refractivity contribution >= 4 is 15.7 Å². The van der Waals surface area contributed by atoms with E-state index in [0.29, 0.717) is 21.9 Å². The van der Waals surface area contributed by atoms with Crippen LogP contribution in [0.2, 0.25) is 6.04 Å². The Morgan fingerprint density at radius 1 is 1.53 bits per heavy atom. The van der Waals surface area contributed by atoms with Gasteiger partial charge in [0.05, 0.1) is 6.61 Å². The van der Waals surface area contributed by atoms with Crippen LogP contribution in [0.25, 0.3) is 0 Å². The Morgan fingerprint density at radius 2 is 2.35 bits per heavy atom. The minimum absolute atomic E-state index is 0.0138. The van der Waals surface area contributed by atoms with E-state index in [-0.39, 0.29) is 12.3 Å². The fraction of sp³-hybridized carbons (Fsp3) is 0.750. The molecule has 0 N–H and O–H groups in total. The van der Waals surface area contributed by atoms with Crippen molar-refractivity contribution in [2.24, 2.45) is 0 Å². The van der Waals surface area contributed by atoms with Crippen LogP contribution < -0.4 is 0 Å². The standard InChI is InChI=1S/C12H20O4Si/c1-10(2)12(13)15-8-5-9-17-16-11-6-3-4-7-14-11/h11H,1,3-9H2,2H3. The highest BCUT2D eigenvalue weighted by molar-refractivity contribution is 6.27. The normalized spacial score (nSPS) is 19.9. The molecule has 0 aromatic carbocycles. The van der Waals surface area contributed by atoms with Gasteiger partial charge in [-0.15, -0.1) is 0 Å². The van der Waals surface area contributed by atoms with E-state index in [9.17, 15) is 4.79 Å². The summed E-state index contributed by atoms with van der Waals surface area (Å²) in [4.78, 5) is 11.1. The molecule has 0 aliphatic carbocycles. The summed E-state index contributed by atoms with van der Waals surface area (Å²) in [7, 11) is 0.422. The predicted octanol–water partition coefficient (Wildman–Crippen LogP) is 2.08. The van der Waals surface area contributed by atoms with E-state index in [2.05, 4.69) is 6.58 Å². The summed E-state index contributed by atoms with van der Waals surface area (Å²) in [6, 6.07) is 0.906. The molecule has 1 fully saturated rings. The van der Waals surface area contributed by atoms with E-state index < -0.39 is 0 Å². The molecule has 4 nitrogen and oxygen atoms in total. The number of esters is 1. The van der Waals surface area contributed by atoms with Crippen LogP contribution in [0.15, 0.2) is 12.2 Å². The SMILES string of the molecule is C=C(C)C(=O)OCCC[Si]OC1CCCCO1. The summed E-state index contributed by atoms with van der Waals surface area (Å²) < 4.78 is 16.0. The summed E-state index contributed by atoms with van der Waals surface area (Å²) in [5.41, 5.74) is 0.444. The first-order valence-electron chi connectivity index (χ1n) is 6.03. The average Bonchev–Trinajstić information content (AvgIpc) is 2.34. The monoisotopic (exact) mass is 256 g/mol. The van der Waals surface area contributed by atoms with Gasteiger partial charge in [0.15, 0.2) is 0 Å². The molecule has 17 heavy (non-hydrogen) atoms. The van der Waals surface area contributed by atoms with Gasteiger partial charge in [0, 0.05) is 12.2 Å². The predicted molar refractivity (Wildman–Crippen MR) is 65.6 cm³/mol. The van der Waals surface area contributed by atoms with Crippen molar-refractivity contribution in [1.82, 2.24) is 0 Å². The summed E-state index contributed by atoms with van der Waals surface area (Å²) in [5.74, 6) is -0.315. The van der Waals surface area contributed by atoms with Crippen molar-refractivity contribution in [2.75, 3.05) is 13.2 Å². The summed E-state index contributed by atoms with van der Waals surface area (Å²) in [6.45, 7) is 6.41. The van der Waals surface area contributed by atoms with Gasteiger partial charge in [-0.3, -0.25) is 0 Å². The fourth-order valence-corrected chi connectivity index (χ4v) is 2.17. The Kier molecular flexibility index (Phi) is 7.15. The van der Waals surface area contributed by atoms with E-state index >= 15 is 0 Å². The maximum Gasteiger partial charge on any atom is 0.333 e. The van der Waals surface area contributed by atoms with E-state index in [0.717, 1.165) is 31.9 Å². The second kappa shape index (κ2) is 8.44. The molecule has 0 saturated carbocycles. The first kappa shape index (κ1) is 14.4. The van der Waals surface area contributed by atoms with Crippen LogP contribution >= 0.6 is 0 Å². The van der Waals surface area contributed by atoms with Gasteiger partial charge in [-0.2, -0.15) is 0 Å². The van der Waals surface area contributed by atoms with Crippen molar-refractivity contribution in [3.8, 4) is 0 Å². The Bertz CT molecular complexity index is 249. The lowest BCUT2D eigenvalue weighted by molar-refractivity contribution is -0.139. The number of rotatable bonds is 7. The zero-order valence-corrected chi connectivity index (χ0v) is 11.4. The fourth-order valence-electron chi connectivity index (χ4n) is 1.39. The zero-order chi connectivity index (χ0) is 12.5. The summed E-state index contributed by atoms with van der Waals surface area (Å²) in [6.07, 6.45) is 4.13. The zero-order valence-electron chi connectivity index (χ0n) is 10.4. The van der Waals surface area contributed by atoms with Gasteiger partial charge in [-0.25, -0.2) is 4.79 Å².